The van der Waals surface area contributed by atoms with Crippen molar-refractivity contribution in [1.29, 1.82) is 0 Å². The average Bonchev–Trinajstić information content (AvgIpc) is 3.59. The molecule has 6 aliphatic rings. The lowest BCUT2D eigenvalue weighted by Crippen LogP contribution is -2.40. The van der Waals surface area contributed by atoms with Crippen LogP contribution in [0.4, 0.5) is 17.1 Å². The van der Waals surface area contributed by atoms with E-state index in [1.807, 2.05) is 0 Å². The van der Waals surface area contributed by atoms with Crippen LogP contribution < -0.4 is 14.5 Å². The lowest BCUT2D eigenvalue weighted by Gasteiger charge is -2.37. The summed E-state index contributed by atoms with van der Waals surface area (Å²) in [6, 6.07) is 10.9. The number of amides is 3. The summed E-state index contributed by atoms with van der Waals surface area (Å²) < 4.78 is 5.59. The molecule has 0 N–H and O–H groups in total. The number of hydrogen-bond donors (Lipinski definition) is 0. The molecule has 0 unspecified atom stereocenters. The minimum absolute atomic E-state index is 0.0299. The molecule has 198 valence electrons. The molecule has 0 spiro atoms. The lowest BCUT2D eigenvalue weighted by atomic mass is 9.63. The number of carbonyl (C=O) groups is 4. The molecule has 2 aliphatic heterocycles. The fourth-order valence-electron chi connectivity index (χ4n) is 7.17. The predicted molar refractivity (Wildman–Crippen MR) is 138 cm³/mol. The van der Waals surface area contributed by atoms with Gasteiger partial charge in [0.1, 0.15) is 5.75 Å². The normalized spacial score (nSPS) is 31.9. The minimum Gasteiger partial charge on any atom is -0.426 e. The van der Waals surface area contributed by atoms with E-state index >= 15 is 0 Å². The van der Waals surface area contributed by atoms with Gasteiger partial charge in [-0.2, -0.15) is 0 Å². The molecule has 10 nitrogen and oxygen atoms in total. The SMILES string of the molecule is Cc1ccc(N2C[C@H](C(=O)Oc3cccc(N4C(=O)[C@@H]5[C@H]6C=C[C@@H]([C@@H]7C[C@@H]67)[C@H]5C4=O)c3)CC2=O)cc1[N+](=O)[O-]. The first-order valence-corrected chi connectivity index (χ1v) is 13.2. The highest BCUT2D eigenvalue weighted by atomic mass is 16.6. The van der Waals surface area contributed by atoms with Crippen molar-refractivity contribution in [2.24, 2.45) is 41.4 Å². The summed E-state index contributed by atoms with van der Waals surface area (Å²) in [6.45, 7) is 1.64. The molecule has 0 aromatic heterocycles. The van der Waals surface area contributed by atoms with Crippen molar-refractivity contribution in [3.63, 3.8) is 0 Å². The molecule has 2 saturated heterocycles. The second-order valence-electron chi connectivity index (χ2n) is 11.2. The van der Waals surface area contributed by atoms with Crippen LogP contribution in [-0.4, -0.2) is 35.2 Å². The standard InChI is InChI=1S/C29H25N3O7/c1-14-5-6-16(11-23(14)32(37)38)30-13-15(9-24(30)33)29(36)39-18-4-2-3-17(10-18)31-27(34)25-19-7-8-20(22-12-21(19)22)26(25)28(31)35/h2-8,10-11,15,19-22,25-26H,9,12-13H2,1H3/t15-,19+,20+,21+,22+,25-,26-/m1/s1. The molecule has 39 heavy (non-hydrogen) atoms. The van der Waals surface area contributed by atoms with Crippen LogP contribution in [0.5, 0.6) is 5.75 Å². The molecular formula is C29H25N3O7. The highest BCUT2D eigenvalue weighted by molar-refractivity contribution is 6.22. The van der Waals surface area contributed by atoms with E-state index in [0.717, 1.165) is 6.42 Å². The Morgan fingerprint density at radius 2 is 1.67 bits per heavy atom. The molecule has 3 amide bonds. The van der Waals surface area contributed by atoms with E-state index in [1.165, 1.54) is 21.9 Å². The van der Waals surface area contributed by atoms with Crippen molar-refractivity contribution >= 4 is 40.8 Å². The first kappa shape index (κ1) is 23.8. The highest BCUT2D eigenvalue weighted by Gasteiger charge is 2.67. The number of aryl methyl sites for hydroxylation is 1. The lowest BCUT2D eigenvalue weighted by molar-refractivity contribution is -0.385. The largest absolute Gasteiger partial charge is 0.426 e. The zero-order valence-electron chi connectivity index (χ0n) is 21.1. The van der Waals surface area contributed by atoms with Crippen LogP contribution in [0.1, 0.15) is 18.4 Å². The molecule has 4 fully saturated rings. The van der Waals surface area contributed by atoms with Crippen LogP contribution in [0, 0.1) is 58.5 Å². The molecule has 2 bridgehead atoms. The number of allylic oxidation sites excluding steroid dienone is 2. The van der Waals surface area contributed by atoms with Gasteiger partial charge in [0.15, 0.2) is 0 Å². The summed E-state index contributed by atoms with van der Waals surface area (Å²) in [7, 11) is 0. The van der Waals surface area contributed by atoms with Crippen molar-refractivity contribution in [1.82, 2.24) is 0 Å². The van der Waals surface area contributed by atoms with Gasteiger partial charge in [-0.25, -0.2) is 4.90 Å². The fourth-order valence-corrected chi connectivity index (χ4v) is 7.17. The number of anilines is 2. The number of benzene rings is 2. The molecule has 2 aromatic rings. The monoisotopic (exact) mass is 527 g/mol. The summed E-state index contributed by atoms with van der Waals surface area (Å²) in [5.74, 6) is -1.34. The predicted octanol–water partition coefficient (Wildman–Crippen LogP) is 3.42. The Hall–Kier alpha value is -4.34. The van der Waals surface area contributed by atoms with Gasteiger partial charge in [-0.1, -0.05) is 24.3 Å². The Kier molecular flexibility index (Phi) is 5.07. The van der Waals surface area contributed by atoms with Crippen LogP contribution in [0.2, 0.25) is 0 Å². The maximum absolute atomic E-state index is 13.4. The zero-order valence-corrected chi connectivity index (χ0v) is 21.1. The number of nitro groups is 1. The van der Waals surface area contributed by atoms with Crippen molar-refractivity contribution in [3.05, 3.63) is 70.3 Å². The second-order valence-corrected chi connectivity index (χ2v) is 11.2. The number of carbonyl (C=O) groups excluding carboxylic acids is 4. The Balaban J connectivity index is 1.07. The van der Waals surface area contributed by atoms with E-state index in [-0.39, 0.29) is 65.8 Å². The quantitative estimate of drug-likeness (QED) is 0.146. The van der Waals surface area contributed by atoms with Crippen molar-refractivity contribution in [2.75, 3.05) is 16.3 Å². The fraction of sp³-hybridized carbons (Fsp3) is 0.379. The molecule has 2 heterocycles. The van der Waals surface area contributed by atoms with E-state index in [9.17, 15) is 29.3 Å². The average molecular weight is 528 g/mol. The van der Waals surface area contributed by atoms with E-state index in [4.69, 9.17) is 4.74 Å². The summed E-state index contributed by atoms with van der Waals surface area (Å²) >= 11 is 0. The molecule has 7 atom stereocenters. The maximum atomic E-state index is 13.4. The summed E-state index contributed by atoms with van der Waals surface area (Å²) in [4.78, 5) is 65.9. The van der Waals surface area contributed by atoms with Gasteiger partial charge in [0.05, 0.1) is 34.1 Å². The smallest absolute Gasteiger partial charge is 0.316 e. The van der Waals surface area contributed by atoms with Gasteiger partial charge in [0, 0.05) is 30.7 Å². The molecular weight excluding hydrogens is 502 g/mol. The van der Waals surface area contributed by atoms with Crippen LogP contribution >= 0.6 is 0 Å². The third-order valence-corrected chi connectivity index (χ3v) is 9.12. The highest BCUT2D eigenvalue weighted by Crippen LogP contribution is 2.65. The Morgan fingerprint density at radius 1 is 0.974 bits per heavy atom. The molecule has 4 aliphatic carbocycles. The number of rotatable bonds is 5. The van der Waals surface area contributed by atoms with Gasteiger partial charge in [-0.3, -0.25) is 29.3 Å². The van der Waals surface area contributed by atoms with E-state index in [0.29, 0.717) is 28.8 Å². The number of hydrogen-bond acceptors (Lipinski definition) is 7. The van der Waals surface area contributed by atoms with Crippen molar-refractivity contribution < 1.29 is 28.8 Å². The maximum Gasteiger partial charge on any atom is 0.316 e. The summed E-state index contributed by atoms with van der Waals surface area (Å²) in [5, 5.41) is 11.3. The Bertz CT molecular complexity index is 1480. The van der Waals surface area contributed by atoms with Gasteiger partial charge in [0.2, 0.25) is 17.7 Å². The number of nitrogens with zero attached hydrogens (tertiary/aromatic N) is 3. The summed E-state index contributed by atoms with van der Waals surface area (Å²) in [6.07, 6.45) is 5.23. The number of ether oxygens (including phenoxy) is 1. The summed E-state index contributed by atoms with van der Waals surface area (Å²) in [5.41, 5.74) is 1.09. The van der Waals surface area contributed by atoms with Gasteiger partial charge in [-0.05, 0) is 55.2 Å². The number of imide groups is 1. The number of nitro benzene ring substituents is 1. The molecule has 10 heteroatoms. The van der Waals surface area contributed by atoms with Gasteiger partial charge in [0.25, 0.3) is 5.69 Å². The van der Waals surface area contributed by atoms with E-state index in [2.05, 4.69) is 12.2 Å². The molecule has 2 saturated carbocycles. The molecule has 8 rings (SSSR count). The third kappa shape index (κ3) is 3.54. The van der Waals surface area contributed by atoms with E-state index < -0.39 is 16.8 Å². The minimum atomic E-state index is -0.771. The first-order valence-electron chi connectivity index (χ1n) is 13.2. The van der Waals surface area contributed by atoms with Crippen LogP contribution in [-0.2, 0) is 19.2 Å². The zero-order chi connectivity index (χ0) is 27.2. The molecule has 2 aromatic carbocycles. The van der Waals surface area contributed by atoms with E-state index in [1.54, 1.807) is 37.3 Å². The Morgan fingerprint density at radius 3 is 2.33 bits per heavy atom. The second kappa shape index (κ2) is 8.33. The van der Waals surface area contributed by atoms with Gasteiger partial charge in [-0.15, -0.1) is 0 Å². The third-order valence-electron chi connectivity index (χ3n) is 9.12. The van der Waals surface area contributed by atoms with Crippen LogP contribution in [0.3, 0.4) is 0 Å². The Labute approximate surface area is 223 Å². The van der Waals surface area contributed by atoms with Gasteiger partial charge >= 0.3 is 5.97 Å². The first-order chi connectivity index (χ1) is 18.7. The number of esters is 1. The van der Waals surface area contributed by atoms with Crippen LogP contribution in [0.15, 0.2) is 54.6 Å². The topological polar surface area (TPSA) is 127 Å². The van der Waals surface area contributed by atoms with Crippen molar-refractivity contribution in [3.8, 4) is 5.75 Å². The van der Waals surface area contributed by atoms with Crippen LogP contribution in [0.25, 0.3) is 0 Å². The molecule has 0 radical (unpaired) electrons. The van der Waals surface area contributed by atoms with Gasteiger partial charge < -0.3 is 9.64 Å². The van der Waals surface area contributed by atoms with Crippen molar-refractivity contribution in [2.45, 2.75) is 19.8 Å².